The van der Waals surface area contributed by atoms with Crippen molar-refractivity contribution in [2.75, 3.05) is 26.2 Å². The van der Waals surface area contributed by atoms with Crippen molar-refractivity contribution >= 4 is 22.8 Å². The largest absolute Gasteiger partial charge is 0.340 e. The van der Waals surface area contributed by atoms with Crippen LogP contribution in [0.1, 0.15) is 66.7 Å². The van der Waals surface area contributed by atoms with Crippen LogP contribution in [0.4, 0.5) is 0 Å². The molecule has 1 saturated heterocycles. The van der Waals surface area contributed by atoms with E-state index in [1.54, 1.807) is 0 Å². The lowest BCUT2D eigenvalue weighted by Gasteiger charge is -2.56. The van der Waals surface area contributed by atoms with Gasteiger partial charge in [-0.1, -0.05) is 0 Å². The summed E-state index contributed by atoms with van der Waals surface area (Å²) < 4.78 is 0. The molecule has 1 aromatic carbocycles. The first kappa shape index (κ1) is 21.1. The first-order valence-electron chi connectivity index (χ1n) is 12.7. The van der Waals surface area contributed by atoms with Crippen LogP contribution in [0, 0.1) is 37.0 Å². The van der Waals surface area contributed by atoms with Gasteiger partial charge in [-0.2, -0.15) is 0 Å². The summed E-state index contributed by atoms with van der Waals surface area (Å²) in [6.07, 6.45) is 8.21. The van der Waals surface area contributed by atoms with Crippen LogP contribution in [0.15, 0.2) is 18.2 Å². The third-order valence-corrected chi connectivity index (χ3v) is 8.88. The van der Waals surface area contributed by atoms with E-state index in [-0.39, 0.29) is 11.3 Å². The van der Waals surface area contributed by atoms with Crippen molar-refractivity contribution in [1.29, 1.82) is 0 Å². The molecule has 4 aliphatic carbocycles. The van der Waals surface area contributed by atoms with Crippen LogP contribution in [0.25, 0.3) is 11.0 Å². The summed E-state index contributed by atoms with van der Waals surface area (Å²) in [5.41, 5.74) is 3.94. The molecule has 4 saturated carbocycles. The number of carbonyl (C=O) groups excluding carboxylic acids is 2. The number of carbonyl (C=O) groups is 2. The van der Waals surface area contributed by atoms with Gasteiger partial charge in [0.25, 0.3) is 5.91 Å². The number of rotatable bonds is 2. The molecule has 33 heavy (non-hydrogen) atoms. The van der Waals surface area contributed by atoms with Crippen molar-refractivity contribution in [2.45, 2.75) is 58.8 Å². The summed E-state index contributed by atoms with van der Waals surface area (Å²) in [6.45, 7) is 6.62. The van der Waals surface area contributed by atoms with E-state index in [0.717, 1.165) is 72.4 Å². The Morgan fingerprint density at radius 3 is 2.06 bits per heavy atom. The number of amides is 2. The molecule has 7 rings (SSSR count). The van der Waals surface area contributed by atoms with E-state index >= 15 is 0 Å². The van der Waals surface area contributed by atoms with Crippen LogP contribution >= 0.6 is 0 Å². The van der Waals surface area contributed by atoms with E-state index in [2.05, 4.69) is 14.9 Å². The lowest BCUT2D eigenvalue weighted by Crippen LogP contribution is -2.55. The van der Waals surface area contributed by atoms with E-state index in [1.807, 2.05) is 36.9 Å². The number of aromatic nitrogens is 2. The van der Waals surface area contributed by atoms with Crippen LogP contribution in [0.5, 0.6) is 0 Å². The minimum absolute atomic E-state index is 0.0287. The van der Waals surface area contributed by atoms with Crippen LogP contribution in [-0.2, 0) is 4.79 Å². The molecule has 1 aliphatic heterocycles. The van der Waals surface area contributed by atoms with Crippen molar-refractivity contribution in [3.8, 4) is 0 Å². The molecule has 0 unspecified atom stereocenters. The molecule has 6 nitrogen and oxygen atoms in total. The Morgan fingerprint density at radius 1 is 0.818 bits per heavy atom. The molecule has 2 aromatic rings. The highest BCUT2D eigenvalue weighted by atomic mass is 16.2. The van der Waals surface area contributed by atoms with Crippen molar-refractivity contribution in [2.24, 2.45) is 23.2 Å². The summed E-state index contributed by atoms with van der Waals surface area (Å²) in [7, 11) is 0. The Kier molecular flexibility index (Phi) is 4.96. The Morgan fingerprint density at radius 2 is 1.39 bits per heavy atom. The quantitative estimate of drug-likeness (QED) is 0.696. The predicted octanol–water partition coefficient (Wildman–Crippen LogP) is 4.14. The number of benzene rings is 1. The molecule has 4 bridgehead atoms. The van der Waals surface area contributed by atoms with E-state index < -0.39 is 0 Å². The summed E-state index contributed by atoms with van der Waals surface area (Å²) in [5, 5.41) is 0. The monoisotopic (exact) mass is 446 g/mol. The van der Waals surface area contributed by atoms with Crippen molar-refractivity contribution in [3.05, 3.63) is 35.2 Å². The minimum Gasteiger partial charge on any atom is -0.340 e. The zero-order valence-electron chi connectivity index (χ0n) is 19.8. The zero-order valence-corrected chi connectivity index (χ0v) is 19.8. The van der Waals surface area contributed by atoms with E-state index in [1.165, 1.54) is 19.3 Å². The van der Waals surface area contributed by atoms with Crippen LogP contribution in [0.2, 0.25) is 0 Å². The average Bonchev–Trinajstić information content (AvgIpc) is 3.04. The van der Waals surface area contributed by atoms with Gasteiger partial charge in [-0.15, -0.1) is 0 Å². The smallest absolute Gasteiger partial charge is 0.253 e. The number of nitrogens with zero attached hydrogens (tertiary/aromatic N) is 4. The van der Waals surface area contributed by atoms with Gasteiger partial charge in [-0.05, 0) is 94.7 Å². The maximum Gasteiger partial charge on any atom is 0.253 e. The highest BCUT2D eigenvalue weighted by Gasteiger charge is 2.55. The van der Waals surface area contributed by atoms with Gasteiger partial charge in [-0.25, -0.2) is 9.97 Å². The maximum atomic E-state index is 13.8. The molecule has 5 fully saturated rings. The molecule has 1 aromatic heterocycles. The number of hydrogen-bond acceptors (Lipinski definition) is 4. The first-order valence-corrected chi connectivity index (χ1v) is 12.7. The molecular weight excluding hydrogens is 412 g/mol. The van der Waals surface area contributed by atoms with Crippen molar-refractivity contribution in [1.82, 2.24) is 19.8 Å². The van der Waals surface area contributed by atoms with Gasteiger partial charge in [0.1, 0.15) is 0 Å². The standard InChI is InChI=1S/C27H34N4O2/c1-17-18(2)29-24-13-22(4-5-23(24)28-17)25(32)30-6-3-7-31(9-8-30)26(33)27-14-19-10-20(15-27)12-21(11-19)16-27/h4-5,13,19-21H,3,6-12,14-16H2,1-2H3. The molecule has 5 aliphatic rings. The highest BCUT2D eigenvalue weighted by molar-refractivity contribution is 5.97. The van der Waals surface area contributed by atoms with E-state index in [4.69, 9.17) is 0 Å². The van der Waals surface area contributed by atoms with Gasteiger partial charge < -0.3 is 9.80 Å². The molecular formula is C27H34N4O2. The van der Waals surface area contributed by atoms with Gasteiger partial charge in [0, 0.05) is 31.7 Å². The molecule has 0 radical (unpaired) electrons. The zero-order chi connectivity index (χ0) is 22.7. The molecule has 174 valence electrons. The molecule has 2 amide bonds. The molecule has 6 heteroatoms. The number of aryl methyl sites for hydroxylation is 2. The van der Waals surface area contributed by atoms with Crippen molar-refractivity contribution in [3.63, 3.8) is 0 Å². The van der Waals surface area contributed by atoms with Gasteiger partial charge in [0.05, 0.1) is 27.8 Å². The highest BCUT2D eigenvalue weighted by Crippen LogP contribution is 2.60. The topological polar surface area (TPSA) is 66.4 Å². The van der Waals surface area contributed by atoms with E-state index in [0.29, 0.717) is 31.1 Å². The maximum absolute atomic E-state index is 13.8. The summed E-state index contributed by atoms with van der Waals surface area (Å²) in [6, 6.07) is 5.61. The molecule has 2 heterocycles. The lowest BCUT2D eigenvalue weighted by molar-refractivity contribution is -0.157. The fourth-order valence-corrected chi connectivity index (χ4v) is 7.58. The molecule has 0 spiro atoms. The van der Waals surface area contributed by atoms with Crippen LogP contribution in [0.3, 0.4) is 0 Å². The normalized spacial score (nSPS) is 31.2. The second-order valence-electron chi connectivity index (χ2n) is 11.2. The van der Waals surface area contributed by atoms with Gasteiger partial charge in [0.15, 0.2) is 0 Å². The summed E-state index contributed by atoms with van der Waals surface area (Å²) in [5.74, 6) is 2.74. The lowest BCUT2D eigenvalue weighted by atomic mass is 9.49. The molecule has 0 atom stereocenters. The third kappa shape index (κ3) is 3.62. The summed E-state index contributed by atoms with van der Waals surface area (Å²) in [4.78, 5) is 40.3. The summed E-state index contributed by atoms with van der Waals surface area (Å²) >= 11 is 0. The minimum atomic E-state index is -0.0963. The SMILES string of the molecule is Cc1nc2ccc(C(=O)N3CCCN(C(=O)C45CC6CC(CC(C6)C4)C5)CC3)cc2nc1C. The first-order chi connectivity index (χ1) is 15.9. The van der Waals surface area contributed by atoms with Crippen LogP contribution in [-0.4, -0.2) is 57.8 Å². The van der Waals surface area contributed by atoms with Gasteiger partial charge in [-0.3, -0.25) is 9.59 Å². The van der Waals surface area contributed by atoms with Gasteiger partial charge in [0.2, 0.25) is 5.91 Å². The fourth-order valence-electron chi connectivity index (χ4n) is 7.58. The predicted molar refractivity (Wildman–Crippen MR) is 127 cm³/mol. The van der Waals surface area contributed by atoms with Crippen LogP contribution < -0.4 is 0 Å². The number of hydrogen-bond donors (Lipinski definition) is 0. The second kappa shape index (κ2) is 7.78. The average molecular weight is 447 g/mol. The Balaban J connectivity index is 1.16. The fraction of sp³-hybridized carbons (Fsp3) is 0.630. The van der Waals surface area contributed by atoms with Crippen molar-refractivity contribution < 1.29 is 9.59 Å². The second-order valence-corrected chi connectivity index (χ2v) is 11.2. The van der Waals surface area contributed by atoms with Gasteiger partial charge >= 0.3 is 0 Å². The Hall–Kier alpha value is -2.50. The van der Waals surface area contributed by atoms with E-state index in [9.17, 15) is 9.59 Å². The Labute approximate surface area is 195 Å². The Bertz CT molecular complexity index is 1090. The number of fused-ring (bicyclic) bond motifs is 1. The molecule has 0 N–H and O–H groups in total. The third-order valence-electron chi connectivity index (χ3n) is 8.88.